The fraction of sp³-hybridized carbons (Fsp3) is 0.333. The van der Waals surface area contributed by atoms with Crippen molar-refractivity contribution in [3.05, 3.63) is 59.5 Å². The first-order valence-electron chi connectivity index (χ1n) is 11.2. The third-order valence-corrected chi connectivity index (χ3v) is 6.31. The standard InChI is InChI=1S/C24H19F5N4O3/c25-14-11-18(15(26)10-13(14)22-30-23(36-31-22)20(27)21(28)29)33-17(7-8-19(33)34)24(35)32-9-3-5-12-4-1-2-6-16(12)32/h1-2,4,6,10-11,17,20-21H,3,5,7-9H2/t17-,20?/m0/s1. The van der Waals surface area contributed by atoms with Crippen molar-refractivity contribution in [3.8, 4) is 11.4 Å². The van der Waals surface area contributed by atoms with E-state index in [4.69, 9.17) is 0 Å². The molecule has 1 aromatic heterocycles. The maximum atomic E-state index is 15.2. The molecule has 7 nitrogen and oxygen atoms in total. The van der Waals surface area contributed by atoms with Gasteiger partial charge < -0.3 is 9.42 Å². The summed E-state index contributed by atoms with van der Waals surface area (Å²) < 4.78 is 73.1. The van der Waals surface area contributed by atoms with Crippen LogP contribution in [0, 0.1) is 11.6 Å². The average Bonchev–Trinajstić information content (AvgIpc) is 3.51. The predicted octanol–water partition coefficient (Wildman–Crippen LogP) is 4.77. The van der Waals surface area contributed by atoms with Gasteiger partial charge in [-0.3, -0.25) is 14.5 Å². The second kappa shape index (κ2) is 9.32. The van der Waals surface area contributed by atoms with Crippen molar-refractivity contribution < 1.29 is 36.1 Å². The molecule has 2 amide bonds. The Balaban J connectivity index is 1.46. The van der Waals surface area contributed by atoms with Crippen molar-refractivity contribution in [2.45, 2.75) is 44.3 Å². The van der Waals surface area contributed by atoms with E-state index in [9.17, 15) is 27.2 Å². The second-order valence-corrected chi connectivity index (χ2v) is 8.52. The van der Waals surface area contributed by atoms with Crippen LogP contribution in [0.5, 0.6) is 0 Å². The smallest absolute Gasteiger partial charge is 0.278 e. The van der Waals surface area contributed by atoms with E-state index in [2.05, 4.69) is 14.7 Å². The third kappa shape index (κ3) is 4.10. The molecule has 1 unspecified atom stereocenters. The van der Waals surface area contributed by atoms with Gasteiger partial charge in [-0.05, 0) is 37.0 Å². The first-order chi connectivity index (χ1) is 17.3. The average molecular weight is 506 g/mol. The summed E-state index contributed by atoms with van der Waals surface area (Å²) in [4.78, 5) is 32.1. The van der Waals surface area contributed by atoms with Crippen LogP contribution in [0.3, 0.4) is 0 Å². The number of aryl methyl sites for hydroxylation is 1. The van der Waals surface area contributed by atoms with Crippen molar-refractivity contribution in [1.29, 1.82) is 0 Å². The molecule has 36 heavy (non-hydrogen) atoms. The summed E-state index contributed by atoms with van der Waals surface area (Å²) in [7, 11) is 0. The minimum atomic E-state index is -3.44. The van der Waals surface area contributed by atoms with Gasteiger partial charge in [0.05, 0.1) is 11.3 Å². The summed E-state index contributed by atoms with van der Waals surface area (Å²) >= 11 is 0. The van der Waals surface area contributed by atoms with E-state index in [0.717, 1.165) is 29.0 Å². The zero-order valence-electron chi connectivity index (χ0n) is 18.6. The summed E-state index contributed by atoms with van der Waals surface area (Å²) in [6.45, 7) is 0.429. The summed E-state index contributed by atoms with van der Waals surface area (Å²) in [6, 6.07) is 7.69. The molecular weight excluding hydrogens is 487 g/mol. The van der Waals surface area contributed by atoms with Gasteiger partial charge in [-0.1, -0.05) is 23.4 Å². The van der Waals surface area contributed by atoms with Crippen molar-refractivity contribution in [1.82, 2.24) is 10.1 Å². The first-order valence-corrected chi connectivity index (χ1v) is 11.2. The molecule has 12 heteroatoms. The van der Waals surface area contributed by atoms with Crippen LogP contribution in [0.4, 0.5) is 33.3 Å². The molecule has 3 aromatic rings. The number of rotatable bonds is 5. The van der Waals surface area contributed by atoms with Crippen LogP contribution in [-0.2, 0) is 16.0 Å². The quantitative estimate of drug-likeness (QED) is 0.466. The number of hydrogen-bond acceptors (Lipinski definition) is 5. The van der Waals surface area contributed by atoms with Gasteiger partial charge in [-0.15, -0.1) is 0 Å². The molecule has 0 bridgehead atoms. The van der Waals surface area contributed by atoms with Gasteiger partial charge in [0, 0.05) is 24.7 Å². The van der Waals surface area contributed by atoms with E-state index in [1.807, 2.05) is 12.1 Å². The van der Waals surface area contributed by atoms with Gasteiger partial charge >= 0.3 is 0 Å². The molecule has 2 aliphatic heterocycles. The maximum Gasteiger partial charge on any atom is 0.278 e. The fourth-order valence-electron chi connectivity index (χ4n) is 4.62. The van der Waals surface area contributed by atoms with Gasteiger partial charge in [0.2, 0.25) is 23.8 Å². The molecule has 1 saturated heterocycles. The van der Waals surface area contributed by atoms with Crippen molar-refractivity contribution in [3.63, 3.8) is 0 Å². The number of hydrogen-bond donors (Lipinski definition) is 0. The van der Waals surface area contributed by atoms with E-state index >= 15 is 4.39 Å². The SMILES string of the molecule is O=C([C@@H]1CCC(=O)N1c1cc(F)c(-c2noc(C(F)C(F)F)n2)cc1F)N1CCCc2ccccc21. The number of para-hydroxylation sites is 1. The number of fused-ring (bicyclic) bond motifs is 1. The molecule has 0 saturated carbocycles. The number of carbonyl (C=O) groups excluding carboxylic acids is 2. The molecule has 188 valence electrons. The van der Waals surface area contributed by atoms with Gasteiger partial charge in [0.25, 0.3) is 12.3 Å². The normalized spacial score (nSPS) is 18.6. The molecule has 0 N–H and O–H groups in total. The molecule has 5 rings (SSSR count). The van der Waals surface area contributed by atoms with Crippen molar-refractivity contribution in [2.75, 3.05) is 16.3 Å². The van der Waals surface area contributed by atoms with Crippen molar-refractivity contribution >= 4 is 23.2 Å². The van der Waals surface area contributed by atoms with Crippen LogP contribution < -0.4 is 9.80 Å². The molecule has 1 fully saturated rings. The predicted molar refractivity (Wildman–Crippen MR) is 117 cm³/mol. The topological polar surface area (TPSA) is 79.5 Å². The fourth-order valence-corrected chi connectivity index (χ4v) is 4.62. The lowest BCUT2D eigenvalue weighted by molar-refractivity contribution is -0.122. The molecule has 0 aliphatic carbocycles. The third-order valence-electron chi connectivity index (χ3n) is 6.31. The number of carbonyl (C=O) groups is 2. The molecule has 2 aromatic carbocycles. The van der Waals surface area contributed by atoms with E-state index in [0.29, 0.717) is 18.7 Å². The lowest BCUT2D eigenvalue weighted by Gasteiger charge is -2.34. The zero-order chi connectivity index (χ0) is 25.6. The zero-order valence-corrected chi connectivity index (χ0v) is 18.6. The number of amides is 2. The molecule has 3 heterocycles. The van der Waals surface area contributed by atoms with Gasteiger partial charge in [-0.25, -0.2) is 22.0 Å². The Morgan fingerprint density at radius 1 is 1.06 bits per heavy atom. The summed E-state index contributed by atoms with van der Waals surface area (Å²) in [5.41, 5.74) is 0.670. The van der Waals surface area contributed by atoms with Crippen LogP contribution in [0.1, 0.15) is 36.9 Å². The largest absolute Gasteiger partial charge is 0.335 e. The molecule has 2 atom stereocenters. The Kier molecular flexibility index (Phi) is 6.19. The molecular formula is C24H19F5N4O3. The number of aromatic nitrogens is 2. The van der Waals surface area contributed by atoms with Crippen LogP contribution in [-0.4, -0.2) is 41.0 Å². The van der Waals surface area contributed by atoms with E-state index in [1.165, 1.54) is 0 Å². The van der Waals surface area contributed by atoms with Crippen LogP contribution in [0.25, 0.3) is 11.4 Å². The number of benzene rings is 2. The highest BCUT2D eigenvalue weighted by atomic mass is 19.3. The number of nitrogens with zero attached hydrogens (tertiary/aromatic N) is 4. The lowest BCUT2D eigenvalue weighted by Crippen LogP contribution is -2.49. The van der Waals surface area contributed by atoms with Crippen LogP contribution >= 0.6 is 0 Å². The maximum absolute atomic E-state index is 15.2. The Hall–Kier alpha value is -3.83. The summed E-state index contributed by atoms with van der Waals surface area (Å²) in [5, 5.41) is 3.25. The first kappa shape index (κ1) is 23.9. The van der Waals surface area contributed by atoms with E-state index in [-0.39, 0.29) is 12.8 Å². The van der Waals surface area contributed by atoms with E-state index < -0.39 is 65.1 Å². The molecule has 2 aliphatic rings. The summed E-state index contributed by atoms with van der Waals surface area (Å²) in [5.74, 6) is -4.85. The van der Waals surface area contributed by atoms with E-state index in [1.54, 1.807) is 17.0 Å². The van der Waals surface area contributed by atoms with Crippen LogP contribution in [0.2, 0.25) is 0 Å². The Bertz CT molecular complexity index is 1330. The minimum absolute atomic E-state index is 0.0333. The van der Waals surface area contributed by atoms with Gasteiger partial charge in [0.1, 0.15) is 17.7 Å². The van der Waals surface area contributed by atoms with Gasteiger partial charge in [0.15, 0.2) is 0 Å². The Labute approximate surface area is 201 Å². The highest BCUT2D eigenvalue weighted by Crippen LogP contribution is 2.36. The minimum Gasteiger partial charge on any atom is -0.335 e. The van der Waals surface area contributed by atoms with Crippen LogP contribution in [0.15, 0.2) is 40.9 Å². The number of anilines is 2. The lowest BCUT2D eigenvalue weighted by atomic mass is 10.0. The van der Waals surface area contributed by atoms with Gasteiger partial charge in [-0.2, -0.15) is 4.98 Å². The van der Waals surface area contributed by atoms with Crippen molar-refractivity contribution in [2.24, 2.45) is 0 Å². The monoisotopic (exact) mass is 506 g/mol. The second-order valence-electron chi connectivity index (χ2n) is 8.52. The number of alkyl halides is 3. The summed E-state index contributed by atoms with van der Waals surface area (Å²) in [6.07, 6.45) is -4.71. The Morgan fingerprint density at radius 2 is 1.83 bits per heavy atom. The highest BCUT2D eigenvalue weighted by molar-refractivity contribution is 6.09. The highest BCUT2D eigenvalue weighted by Gasteiger charge is 2.42. The number of halogens is 5. The Morgan fingerprint density at radius 3 is 2.61 bits per heavy atom. The molecule has 0 spiro atoms. The molecule has 0 radical (unpaired) electrons.